The molecule has 1 saturated carbocycles. The summed E-state index contributed by atoms with van der Waals surface area (Å²) in [6.07, 6.45) is 5.47. The molecule has 1 aromatic rings. The molecule has 0 spiro atoms. The smallest absolute Gasteiger partial charge is 0.245 e. The topological polar surface area (TPSA) is 67.4 Å². The van der Waals surface area contributed by atoms with Gasteiger partial charge in [0.1, 0.15) is 11.3 Å². The summed E-state index contributed by atoms with van der Waals surface area (Å²) in [6.45, 7) is 2.94. The largest absolute Gasteiger partial charge is 0.492 e. The van der Waals surface area contributed by atoms with E-state index in [1.54, 1.807) is 0 Å². The minimum absolute atomic E-state index is 0.0486. The summed E-state index contributed by atoms with van der Waals surface area (Å²) in [7, 11) is 0. The molecule has 0 heterocycles. The predicted octanol–water partition coefficient (Wildman–Crippen LogP) is 3.56. The van der Waals surface area contributed by atoms with E-state index in [4.69, 9.17) is 4.74 Å². The number of halogens is 1. The molecular formula is C19H27BrN2O3. The first kappa shape index (κ1) is 19.8. The van der Waals surface area contributed by atoms with Gasteiger partial charge in [0.15, 0.2) is 0 Å². The Bertz CT molecular complexity index is 586. The van der Waals surface area contributed by atoms with Gasteiger partial charge in [0, 0.05) is 13.0 Å². The summed E-state index contributed by atoms with van der Waals surface area (Å²) in [5.41, 5.74) is -0.728. The lowest BCUT2D eigenvalue weighted by molar-refractivity contribution is -0.135. The van der Waals surface area contributed by atoms with Crippen LogP contribution in [0.1, 0.15) is 51.9 Å². The molecule has 2 amide bonds. The number of nitrogens with one attached hydrogen (secondary N) is 2. The Labute approximate surface area is 158 Å². The van der Waals surface area contributed by atoms with Crippen molar-refractivity contribution in [1.29, 1.82) is 0 Å². The van der Waals surface area contributed by atoms with Crippen molar-refractivity contribution in [2.75, 3.05) is 13.2 Å². The maximum atomic E-state index is 12.5. The second-order valence-corrected chi connectivity index (χ2v) is 7.29. The third-order valence-electron chi connectivity index (χ3n) is 4.50. The Balaban J connectivity index is 1.81. The maximum Gasteiger partial charge on any atom is 0.245 e. The van der Waals surface area contributed by atoms with Crippen LogP contribution in [0.25, 0.3) is 0 Å². The predicted molar refractivity (Wildman–Crippen MR) is 102 cm³/mol. The third kappa shape index (κ3) is 5.73. The SMILES string of the molecule is CCNC(=O)C1(NC(=O)CCCOc2ccccc2Br)CCCCC1. The van der Waals surface area contributed by atoms with Gasteiger partial charge >= 0.3 is 0 Å². The number of benzene rings is 1. The minimum atomic E-state index is -0.728. The van der Waals surface area contributed by atoms with Crippen LogP contribution in [-0.4, -0.2) is 30.5 Å². The van der Waals surface area contributed by atoms with Crippen LogP contribution in [0.4, 0.5) is 0 Å². The van der Waals surface area contributed by atoms with Crippen LogP contribution in [0.2, 0.25) is 0 Å². The van der Waals surface area contributed by atoms with Crippen LogP contribution in [0.15, 0.2) is 28.7 Å². The highest BCUT2D eigenvalue weighted by atomic mass is 79.9. The van der Waals surface area contributed by atoms with Crippen molar-refractivity contribution in [3.05, 3.63) is 28.7 Å². The Morgan fingerprint density at radius 1 is 1.20 bits per heavy atom. The monoisotopic (exact) mass is 410 g/mol. The molecule has 1 aromatic carbocycles. The van der Waals surface area contributed by atoms with Crippen LogP contribution in [0.3, 0.4) is 0 Å². The summed E-state index contributed by atoms with van der Waals surface area (Å²) in [4.78, 5) is 24.8. The molecule has 25 heavy (non-hydrogen) atoms. The van der Waals surface area contributed by atoms with Crippen LogP contribution >= 0.6 is 15.9 Å². The van der Waals surface area contributed by atoms with Gasteiger partial charge in [-0.1, -0.05) is 31.4 Å². The quantitative estimate of drug-likeness (QED) is 0.643. The number of rotatable bonds is 8. The third-order valence-corrected chi connectivity index (χ3v) is 5.16. The second kappa shape index (κ2) is 9.80. The summed E-state index contributed by atoms with van der Waals surface area (Å²) in [6, 6.07) is 7.64. The molecule has 6 heteroatoms. The van der Waals surface area contributed by atoms with E-state index >= 15 is 0 Å². The van der Waals surface area contributed by atoms with E-state index in [0.29, 0.717) is 26.0 Å². The highest BCUT2D eigenvalue weighted by Crippen LogP contribution is 2.29. The van der Waals surface area contributed by atoms with Gasteiger partial charge in [-0.25, -0.2) is 0 Å². The van der Waals surface area contributed by atoms with E-state index in [9.17, 15) is 9.59 Å². The first-order chi connectivity index (χ1) is 12.1. The van der Waals surface area contributed by atoms with Gasteiger partial charge in [-0.15, -0.1) is 0 Å². The maximum absolute atomic E-state index is 12.5. The first-order valence-corrected chi connectivity index (χ1v) is 9.83. The van der Waals surface area contributed by atoms with Crippen LogP contribution in [0, 0.1) is 0 Å². The number of ether oxygens (including phenoxy) is 1. The molecule has 2 rings (SSSR count). The Morgan fingerprint density at radius 3 is 2.60 bits per heavy atom. The number of carbonyl (C=O) groups excluding carboxylic acids is 2. The van der Waals surface area contributed by atoms with Crippen LogP contribution in [-0.2, 0) is 9.59 Å². The van der Waals surface area contributed by atoms with Crippen LogP contribution < -0.4 is 15.4 Å². The molecule has 0 saturated heterocycles. The van der Waals surface area contributed by atoms with Crippen molar-refractivity contribution in [3.8, 4) is 5.75 Å². The van der Waals surface area contributed by atoms with Gasteiger partial charge in [0.2, 0.25) is 11.8 Å². The molecule has 138 valence electrons. The van der Waals surface area contributed by atoms with Crippen LogP contribution in [0.5, 0.6) is 5.75 Å². The standard InChI is InChI=1S/C19H27BrN2O3/c1-2-21-18(24)19(12-6-3-7-13-19)22-17(23)11-8-14-25-16-10-5-4-9-15(16)20/h4-5,9-10H,2-3,6-8,11-14H2,1H3,(H,21,24)(H,22,23). The highest BCUT2D eigenvalue weighted by molar-refractivity contribution is 9.10. The molecule has 0 aromatic heterocycles. The van der Waals surface area contributed by atoms with E-state index in [1.807, 2.05) is 31.2 Å². The van der Waals surface area contributed by atoms with Gasteiger partial charge < -0.3 is 15.4 Å². The van der Waals surface area contributed by atoms with Gasteiger partial charge in [-0.3, -0.25) is 9.59 Å². The summed E-state index contributed by atoms with van der Waals surface area (Å²) < 4.78 is 6.58. The number of amides is 2. The second-order valence-electron chi connectivity index (χ2n) is 6.43. The summed E-state index contributed by atoms with van der Waals surface area (Å²) >= 11 is 3.43. The first-order valence-electron chi connectivity index (χ1n) is 9.04. The van der Waals surface area contributed by atoms with E-state index in [2.05, 4.69) is 26.6 Å². The van der Waals surface area contributed by atoms with E-state index in [1.165, 1.54) is 0 Å². The van der Waals surface area contributed by atoms with Gasteiger partial charge in [0.25, 0.3) is 0 Å². The zero-order valence-corrected chi connectivity index (χ0v) is 16.4. The highest BCUT2D eigenvalue weighted by Gasteiger charge is 2.40. The van der Waals surface area contributed by atoms with E-state index in [0.717, 1.165) is 42.3 Å². The summed E-state index contributed by atoms with van der Waals surface area (Å²) in [5, 5.41) is 5.88. The molecule has 0 atom stereocenters. The van der Waals surface area contributed by atoms with Crippen molar-refractivity contribution in [2.24, 2.45) is 0 Å². The van der Waals surface area contributed by atoms with Gasteiger partial charge in [0.05, 0.1) is 11.1 Å². The van der Waals surface area contributed by atoms with Crippen molar-refractivity contribution >= 4 is 27.7 Å². The zero-order chi connectivity index (χ0) is 18.1. The molecule has 0 bridgehead atoms. The number of likely N-dealkylation sites (N-methyl/N-ethyl adjacent to an activating group) is 1. The van der Waals surface area contributed by atoms with E-state index < -0.39 is 5.54 Å². The van der Waals surface area contributed by atoms with Gasteiger partial charge in [-0.05, 0) is 54.2 Å². The molecule has 1 aliphatic rings. The molecule has 1 aliphatic carbocycles. The number of hydrogen-bond acceptors (Lipinski definition) is 3. The molecule has 0 unspecified atom stereocenters. The zero-order valence-electron chi connectivity index (χ0n) is 14.8. The fourth-order valence-electron chi connectivity index (χ4n) is 3.20. The Kier molecular flexibility index (Phi) is 7.75. The lowest BCUT2D eigenvalue weighted by atomic mass is 9.80. The molecule has 0 aliphatic heterocycles. The van der Waals surface area contributed by atoms with E-state index in [-0.39, 0.29) is 11.8 Å². The number of para-hydroxylation sites is 1. The molecule has 1 fully saturated rings. The average molecular weight is 411 g/mol. The van der Waals surface area contributed by atoms with Crippen molar-refractivity contribution in [2.45, 2.75) is 57.4 Å². The minimum Gasteiger partial charge on any atom is -0.492 e. The normalized spacial score (nSPS) is 16.1. The van der Waals surface area contributed by atoms with Crippen molar-refractivity contribution < 1.29 is 14.3 Å². The average Bonchev–Trinajstić information content (AvgIpc) is 2.61. The Hall–Kier alpha value is -1.56. The Morgan fingerprint density at radius 2 is 1.92 bits per heavy atom. The molecule has 2 N–H and O–H groups in total. The lowest BCUT2D eigenvalue weighted by Gasteiger charge is -2.36. The molecular weight excluding hydrogens is 384 g/mol. The fourth-order valence-corrected chi connectivity index (χ4v) is 3.60. The van der Waals surface area contributed by atoms with Crippen molar-refractivity contribution in [1.82, 2.24) is 10.6 Å². The fraction of sp³-hybridized carbons (Fsp3) is 0.579. The summed E-state index contributed by atoms with van der Waals surface area (Å²) in [5.74, 6) is 0.644. The van der Waals surface area contributed by atoms with Gasteiger partial charge in [-0.2, -0.15) is 0 Å². The number of carbonyl (C=O) groups is 2. The molecule has 5 nitrogen and oxygen atoms in total. The number of hydrogen-bond donors (Lipinski definition) is 2. The lowest BCUT2D eigenvalue weighted by Crippen LogP contribution is -2.59. The van der Waals surface area contributed by atoms with Crippen molar-refractivity contribution in [3.63, 3.8) is 0 Å². The molecule has 0 radical (unpaired) electrons.